The highest BCUT2D eigenvalue weighted by molar-refractivity contribution is 7.87. The minimum atomic E-state index is -4.39. The van der Waals surface area contributed by atoms with E-state index >= 15 is 0 Å². The molecule has 0 amide bonds. The maximum Gasteiger partial charge on any atom is 0.339 e. The Morgan fingerprint density at radius 3 is 1.61 bits per heavy atom. The van der Waals surface area contributed by atoms with Gasteiger partial charge in [-0.15, -0.1) is 0 Å². The number of nitrogens with zero attached hydrogens (tertiary/aromatic N) is 2. The van der Waals surface area contributed by atoms with Gasteiger partial charge in [0.25, 0.3) is 21.5 Å². The van der Waals surface area contributed by atoms with Gasteiger partial charge in [0, 0.05) is 29.8 Å². The fourth-order valence-electron chi connectivity index (χ4n) is 2.55. The molecule has 0 aromatic heterocycles. The van der Waals surface area contributed by atoms with Crippen molar-refractivity contribution in [3.63, 3.8) is 0 Å². The summed E-state index contributed by atoms with van der Waals surface area (Å²) in [5, 5.41) is 21.4. The molecule has 0 fully saturated rings. The van der Waals surface area contributed by atoms with E-state index in [4.69, 9.17) is 8.37 Å². The molecular weight excluding hydrogens is 480 g/mol. The van der Waals surface area contributed by atoms with Crippen LogP contribution < -0.4 is 4.18 Å². The number of hydrogen-bond donors (Lipinski definition) is 0. The van der Waals surface area contributed by atoms with Crippen LogP contribution in [-0.4, -0.2) is 26.7 Å². The Bertz CT molecular complexity index is 1400. The number of hydrogen-bond acceptors (Lipinski definition) is 10. The van der Waals surface area contributed by atoms with Gasteiger partial charge < -0.3 is 4.18 Å². The number of para-hydroxylation sites is 1. The van der Waals surface area contributed by atoms with E-state index in [0.717, 1.165) is 48.5 Å². The SMILES string of the molecule is O=[N+]([O-])c1ccc(S(=O)(=O)OCc2ccccc2OS(=O)(=O)c2ccc([N+](=O)[O-])cc2)cc1. The Labute approximate surface area is 187 Å². The Hall–Kier alpha value is -3.88. The average molecular weight is 494 g/mol. The van der Waals surface area contributed by atoms with Gasteiger partial charge in [0.1, 0.15) is 10.6 Å². The first-order valence-corrected chi connectivity index (χ1v) is 11.7. The Morgan fingerprint density at radius 2 is 1.12 bits per heavy atom. The van der Waals surface area contributed by atoms with Crippen molar-refractivity contribution in [2.45, 2.75) is 16.4 Å². The van der Waals surface area contributed by atoms with E-state index in [1.165, 1.54) is 24.3 Å². The van der Waals surface area contributed by atoms with Crippen molar-refractivity contribution in [3.05, 3.63) is 98.6 Å². The minimum absolute atomic E-state index is 0.0773. The second-order valence-corrected chi connectivity index (χ2v) is 9.53. The van der Waals surface area contributed by atoms with Gasteiger partial charge in [0.2, 0.25) is 0 Å². The van der Waals surface area contributed by atoms with Crippen LogP contribution >= 0.6 is 0 Å². The van der Waals surface area contributed by atoms with Crippen LogP contribution in [0.4, 0.5) is 11.4 Å². The monoisotopic (exact) mass is 494 g/mol. The molecule has 14 heteroatoms. The Balaban J connectivity index is 1.78. The van der Waals surface area contributed by atoms with Crippen molar-refractivity contribution < 1.29 is 35.0 Å². The average Bonchev–Trinajstić information content (AvgIpc) is 2.78. The summed E-state index contributed by atoms with van der Waals surface area (Å²) in [6, 6.07) is 13.7. The molecule has 3 aromatic carbocycles. The molecule has 0 atom stereocenters. The fourth-order valence-corrected chi connectivity index (χ4v) is 4.40. The first-order chi connectivity index (χ1) is 15.5. The molecule has 0 bridgehead atoms. The largest absolute Gasteiger partial charge is 0.379 e. The van der Waals surface area contributed by atoms with Crippen LogP contribution in [0.2, 0.25) is 0 Å². The number of nitro groups is 2. The van der Waals surface area contributed by atoms with Crippen molar-refractivity contribution in [1.82, 2.24) is 0 Å². The van der Waals surface area contributed by atoms with E-state index in [-0.39, 0.29) is 32.5 Å². The van der Waals surface area contributed by atoms with Gasteiger partial charge >= 0.3 is 10.1 Å². The van der Waals surface area contributed by atoms with Crippen LogP contribution in [0.5, 0.6) is 5.75 Å². The number of benzene rings is 3. The first kappa shape index (κ1) is 23.8. The van der Waals surface area contributed by atoms with Gasteiger partial charge in [0.05, 0.1) is 21.3 Å². The predicted molar refractivity (Wildman–Crippen MR) is 112 cm³/mol. The van der Waals surface area contributed by atoms with Crippen LogP contribution in [-0.2, 0) is 31.0 Å². The topological polar surface area (TPSA) is 173 Å². The van der Waals surface area contributed by atoms with Crippen molar-refractivity contribution in [3.8, 4) is 5.75 Å². The third kappa shape index (κ3) is 5.68. The molecule has 172 valence electrons. The summed E-state index contributed by atoms with van der Waals surface area (Å²) >= 11 is 0. The van der Waals surface area contributed by atoms with Gasteiger partial charge in [-0.05, 0) is 30.3 Å². The van der Waals surface area contributed by atoms with Crippen LogP contribution in [0.25, 0.3) is 0 Å². The summed E-state index contributed by atoms with van der Waals surface area (Å²) in [5.41, 5.74) is -0.531. The highest BCUT2D eigenvalue weighted by Gasteiger charge is 2.22. The van der Waals surface area contributed by atoms with Gasteiger partial charge in [0.15, 0.2) is 0 Å². The summed E-state index contributed by atoms with van der Waals surface area (Å²) < 4.78 is 59.9. The van der Waals surface area contributed by atoms with E-state index in [1.54, 1.807) is 0 Å². The van der Waals surface area contributed by atoms with E-state index in [9.17, 15) is 37.1 Å². The van der Waals surface area contributed by atoms with E-state index < -0.39 is 36.7 Å². The Morgan fingerprint density at radius 1 is 0.667 bits per heavy atom. The van der Waals surface area contributed by atoms with Gasteiger partial charge in [-0.2, -0.15) is 16.8 Å². The molecule has 0 N–H and O–H groups in total. The number of non-ortho nitro benzene ring substituents is 2. The third-order valence-corrected chi connectivity index (χ3v) is 6.74. The van der Waals surface area contributed by atoms with E-state index in [2.05, 4.69) is 0 Å². The summed E-state index contributed by atoms with van der Waals surface area (Å²) in [6.07, 6.45) is 0. The van der Waals surface area contributed by atoms with E-state index in [1.807, 2.05) is 0 Å². The number of rotatable bonds is 9. The number of nitro benzene ring substituents is 2. The molecule has 0 radical (unpaired) electrons. The lowest BCUT2D eigenvalue weighted by atomic mass is 10.2. The molecule has 0 saturated heterocycles. The summed E-state index contributed by atoms with van der Waals surface area (Å²) in [5.74, 6) is -0.213. The highest BCUT2D eigenvalue weighted by Crippen LogP contribution is 2.26. The second kappa shape index (κ2) is 9.32. The molecule has 0 aliphatic carbocycles. The Kier molecular flexibility index (Phi) is 6.71. The molecule has 3 aromatic rings. The maximum atomic E-state index is 12.5. The van der Waals surface area contributed by atoms with Crippen molar-refractivity contribution in [2.24, 2.45) is 0 Å². The van der Waals surface area contributed by atoms with Gasteiger partial charge in [-0.25, -0.2) is 0 Å². The smallest absolute Gasteiger partial charge is 0.339 e. The predicted octanol–water partition coefficient (Wildman–Crippen LogP) is 3.18. The van der Waals surface area contributed by atoms with Crippen LogP contribution in [0, 0.1) is 20.2 Å². The quantitative estimate of drug-likeness (QED) is 0.244. The summed E-state index contributed by atoms with van der Waals surface area (Å²) in [6.45, 7) is -0.592. The lowest BCUT2D eigenvalue weighted by molar-refractivity contribution is -0.385. The second-order valence-electron chi connectivity index (χ2n) is 6.36. The van der Waals surface area contributed by atoms with Gasteiger partial charge in [-0.1, -0.05) is 18.2 Å². The van der Waals surface area contributed by atoms with Gasteiger partial charge in [-0.3, -0.25) is 24.4 Å². The fraction of sp³-hybridized carbons (Fsp3) is 0.0526. The molecule has 12 nitrogen and oxygen atoms in total. The molecule has 0 aliphatic rings. The molecule has 3 rings (SSSR count). The molecule has 0 spiro atoms. The van der Waals surface area contributed by atoms with Crippen molar-refractivity contribution in [1.29, 1.82) is 0 Å². The summed E-state index contributed by atoms with van der Waals surface area (Å²) in [7, 11) is -8.71. The first-order valence-electron chi connectivity index (χ1n) is 8.90. The lowest BCUT2D eigenvalue weighted by Gasteiger charge is -2.12. The lowest BCUT2D eigenvalue weighted by Crippen LogP contribution is -2.12. The maximum absolute atomic E-state index is 12.5. The third-order valence-electron chi connectivity index (χ3n) is 4.21. The molecular formula is C19H14N2O10S2. The normalized spacial score (nSPS) is 11.6. The van der Waals surface area contributed by atoms with Crippen LogP contribution in [0.3, 0.4) is 0 Å². The van der Waals surface area contributed by atoms with Crippen molar-refractivity contribution >= 4 is 31.6 Å². The highest BCUT2D eigenvalue weighted by atomic mass is 32.2. The van der Waals surface area contributed by atoms with Crippen molar-refractivity contribution in [2.75, 3.05) is 0 Å². The van der Waals surface area contributed by atoms with E-state index in [0.29, 0.717) is 0 Å². The summed E-state index contributed by atoms with van der Waals surface area (Å²) in [4.78, 5) is 19.4. The zero-order chi connectivity index (χ0) is 24.2. The van der Waals surface area contributed by atoms with Crippen LogP contribution in [0.15, 0.2) is 82.6 Å². The molecule has 0 saturated carbocycles. The molecule has 0 unspecified atom stereocenters. The standard InChI is InChI=1S/C19H14N2O10S2/c22-20(23)15-5-9-17(10-6-15)32(26,27)30-13-14-3-1-2-4-19(14)31-33(28,29)18-11-7-16(8-12-18)21(24)25/h1-12H,13H2. The minimum Gasteiger partial charge on any atom is -0.379 e. The molecule has 0 aliphatic heterocycles. The zero-order valence-corrected chi connectivity index (χ0v) is 18.1. The molecule has 33 heavy (non-hydrogen) atoms. The van der Waals surface area contributed by atoms with Crippen LogP contribution in [0.1, 0.15) is 5.56 Å². The zero-order valence-electron chi connectivity index (χ0n) is 16.4. The molecule has 0 heterocycles.